The smallest absolute Gasteiger partial charge is 0.308 e. The van der Waals surface area contributed by atoms with Gasteiger partial charge in [-0.25, -0.2) is 0 Å². The molecule has 0 saturated heterocycles. The minimum Gasteiger partial charge on any atom is -0.426 e. The zero-order valence-corrected chi connectivity index (χ0v) is 29.4. The zero-order chi connectivity index (χ0) is 28.6. The molecule has 6 heteroatoms. The summed E-state index contributed by atoms with van der Waals surface area (Å²) in [7, 11) is 0. The van der Waals surface area contributed by atoms with Crippen molar-refractivity contribution in [1.82, 2.24) is 0 Å². The van der Waals surface area contributed by atoms with Crippen molar-refractivity contribution in [2.75, 3.05) is 0 Å². The molecule has 0 aromatic heterocycles. The van der Waals surface area contributed by atoms with Gasteiger partial charge in [0.2, 0.25) is 0 Å². The lowest BCUT2D eigenvalue weighted by Gasteiger charge is -2.47. The minimum absolute atomic E-state index is 0.199. The Morgan fingerprint density at radius 3 is 1.51 bits per heavy atom. The first-order chi connectivity index (χ1) is 19.7. The fourth-order valence-corrected chi connectivity index (χ4v) is 15.2. The Kier molecular flexibility index (Phi) is 6.41. The monoisotopic (exact) mass is 800 g/mol. The second-order valence-corrected chi connectivity index (χ2v) is 16.9. The number of ether oxygens (including phenoxy) is 1. The van der Waals surface area contributed by atoms with Crippen molar-refractivity contribution < 1.29 is 9.53 Å². The maximum atomic E-state index is 12.8. The third-order valence-corrected chi connectivity index (χ3v) is 16.1. The normalized spacial score (nSPS) is 40.4. The van der Waals surface area contributed by atoms with Crippen LogP contribution in [0.15, 0.2) is 60.7 Å². The van der Waals surface area contributed by atoms with E-state index >= 15 is 0 Å². The Hall–Kier alpha value is -0.950. The maximum Gasteiger partial charge on any atom is 0.308 e. The van der Waals surface area contributed by atoms with E-state index in [1.807, 2.05) is 12.2 Å². The average molecular weight is 804 g/mol. The third-order valence-electron chi connectivity index (χ3n) is 11.7. The van der Waals surface area contributed by atoms with Crippen LogP contribution in [0.3, 0.4) is 0 Å². The van der Waals surface area contributed by atoms with E-state index in [9.17, 15) is 4.79 Å². The molecule has 8 rings (SSSR count). The SMILES string of the molecule is C=CC1=C(C=C)C(Br)C2C3CC(c4c(C)c5c(c(OC(C)=O)c43)C3CC5C4C(Br)c5ccccc5C(Br)C34)C2C1Br. The number of rotatable bonds is 3. The molecule has 4 bridgehead atoms. The van der Waals surface area contributed by atoms with Crippen molar-refractivity contribution >= 4 is 69.7 Å². The van der Waals surface area contributed by atoms with Crippen molar-refractivity contribution in [2.24, 2.45) is 23.7 Å². The van der Waals surface area contributed by atoms with E-state index in [1.54, 1.807) is 6.92 Å². The molecule has 0 heterocycles. The topological polar surface area (TPSA) is 26.3 Å². The van der Waals surface area contributed by atoms with E-state index < -0.39 is 0 Å². The molecule has 2 aromatic rings. The van der Waals surface area contributed by atoms with E-state index in [2.05, 4.69) is 108 Å². The van der Waals surface area contributed by atoms with Gasteiger partial charge >= 0.3 is 5.97 Å². The number of esters is 1. The molecule has 0 spiro atoms. The zero-order valence-electron chi connectivity index (χ0n) is 23.0. The van der Waals surface area contributed by atoms with Gasteiger partial charge in [0.1, 0.15) is 5.75 Å². The number of halogens is 4. The third kappa shape index (κ3) is 3.37. The van der Waals surface area contributed by atoms with Crippen LogP contribution in [0.25, 0.3) is 0 Å². The van der Waals surface area contributed by atoms with Gasteiger partial charge < -0.3 is 4.74 Å². The van der Waals surface area contributed by atoms with Gasteiger partial charge in [0.05, 0.1) is 0 Å². The van der Waals surface area contributed by atoms with Crippen LogP contribution in [-0.2, 0) is 4.79 Å². The van der Waals surface area contributed by atoms with E-state index in [0.717, 1.165) is 18.6 Å². The molecule has 0 N–H and O–H groups in total. The van der Waals surface area contributed by atoms with Crippen LogP contribution < -0.4 is 4.74 Å². The summed E-state index contributed by atoms with van der Waals surface area (Å²) in [4.78, 5) is 13.8. The van der Waals surface area contributed by atoms with Gasteiger partial charge in [-0.3, -0.25) is 4.79 Å². The molecule has 0 amide bonds. The van der Waals surface area contributed by atoms with Gasteiger partial charge in [-0.15, -0.1) is 0 Å². The molecular weight excluding hydrogens is 772 g/mol. The summed E-state index contributed by atoms with van der Waals surface area (Å²) >= 11 is 16.7. The molecular formula is C35H32Br4O2. The first-order valence-electron chi connectivity index (χ1n) is 14.7. The molecule has 41 heavy (non-hydrogen) atoms. The van der Waals surface area contributed by atoms with Gasteiger partial charge in [-0.2, -0.15) is 0 Å². The number of benzene rings is 2. The average Bonchev–Trinajstić information content (AvgIpc) is 3.73. The summed E-state index contributed by atoms with van der Waals surface area (Å²) in [6.45, 7) is 12.3. The molecule has 2 saturated carbocycles. The van der Waals surface area contributed by atoms with Crippen LogP contribution in [-0.4, -0.2) is 15.6 Å². The summed E-state index contributed by atoms with van der Waals surface area (Å²) in [5.41, 5.74) is 12.4. The molecule has 0 radical (unpaired) electrons. The molecule has 2 nitrogen and oxygen atoms in total. The van der Waals surface area contributed by atoms with Crippen LogP contribution >= 0.6 is 63.7 Å². The highest BCUT2D eigenvalue weighted by molar-refractivity contribution is 9.10. The molecule has 2 aromatic carbocycles. The number of carbonyl (C=O) groups is 1. The molecule has 6 aliphatic carbocycles. The van der Waals surface area contributed by atoms with Crippen LogP contribution in [0.1, 0.15) is 92.0 Å². The summed E-state index contributed by atoms with van der Waals surface area (Å²) < 4.78 is 6.37. The van der Waals surface area contributed by atoms with E-state index in [4.69, 9.17) is 4.74 Å². The summed E-state index contributed by atoms with van der Waals surface area (Å²) in [6.07, 6.45) is 6.26. The van der Waals surface area contributed by atoms with Crippen molar-refractivity contribution in [2.45, 2.75) is 69.7 Å². The van der Waals surface area contributed by atoms with Crippen LogP contribution in [0.5, 0.6) is 5.75 Å². The molecule has 0 aliphatic heterocycles. The second-order valence-electron chi connectivity index (χ2n) is 13.0. The highest BCUT2D eigenvalue weighted by Crippen LogP contribution is 2.76. The molecule has 2 fully saturated rings. The Labute approximate surface area is 276 Å². The van der Waals surface area contributed by atoms with Gasteiger partial charge in [-0.05, 0) is 106 Å². The lowest BCUT2D eigenvalue weighted by atomic mass is 9.62. The second kappa shape index (κ2) is 9.52. The quantitative estimate of drug-likeness (QED) is 0.176. The maximum absolute atomic E-state index is 12.8. The van der Waals surface area contributed by atoms with Crippen LogP contribution in [0.2, 0.25) is 0 Å². The largest absolute Gasteiger partial charge is 0.426 e. The fraction of sp³-hybridized carbons (Fsp3) is 0.457. The molecule has 12 atom stereocenters. The number of fused-ring (bicyclic) bond motifs is 17. The summed E-state index contributed by atoms with van der Waals surface area (Å²) in [6, 6.07) is 8.90. The number of hydrogen-bond acceptors (Lipinski definition) is 2. The number of allylic oxidation sites excluding steroid dienone is 4. The highest BCUT2D eigenvalue weighted by Gasteiger charge is 2.64. The van der Waals surface area contributed by atoms with Crippen molar-refractivity contribution in [3.63, 3.8) is 0 Å². The fourth-order valence-electron chi connectivity index (χ4n) is 10.6. The number of carbonyl (C=O) groups excluding carboxylic acids is 1. The van der Waals surface area contributed by atoms with Crippen molar-refractivity contribution in [3.8, 4) is 5.75 Å². The Morgan fingerprint density at radius 2 is 1.12 bits per heavy atom. The van der Waals surface area contributed by atoms with Crippen molar-refractivity contribution in [1.29, 1.82) is 0 Å². The molecule has 6 aliphatic rings. The first kappa shape index (κ1) is 27.6. The van der Waals surface area contributed by atoms with Crippen molar-refractivity contribution in [3.05, 3.63) is 99.7 Å². The van der Waals surface area contributed by atoms with Gasteiger partial charge in [0.15, 0.2) is 0 Å². The van der Waals surface area contributed by atoms with E-state index in [1.165, 1.54) is 50.1 Å². The Bertz CT molecular complexity index is 1590. The van der Waals surface area contributed by atoms with Crippen LogP contribution in [0.4, 0.5) is 0 Å². The highest BCUT2D eigenvalue weighted by atomic mass is 79.9. The number of hydrogen-bond donors (Lipinski definition) is 0. The van der Waals surface area contributed by atoms with E-state index in [0.29, 0.717) is 52.2 Å². The lowest BCUT2D eigenvalue weighted by molar-refractivity contribution is -0.132. The summed E-state index contributed by atoms with van der Waals surface area (Å²) in [5.74, 6) is 4.14. The molecule has 12 unspecified atom stereocenters. The van der Waals surface area contributed by atoms with Gasteiger partial charge in [-0.1, -0.05) is 113 Å². The van der Waals surface area contributed by atoms with E-state index in [-0.39, 0.29) is 20.5 Å². The van der Waals surface area contributed by atoms with Gasteiger partial charge in [0.25, 0.3) is 0 Å². The lowest BCUT2D eigenvalue weighted by Crippen LogP contribution is -2.41. The molecule has 212 valence electrons. The Morgan fingerprint density at radius 1 is 0.732 bits per heavy atom. The van der Waals surface area contributed by atoms with Crippen LogP contribution in [0, 0.1) is 30.6 Å². The predicted octanol–water partition coefficient (Wildman–Crippen LogP) is 10.3. The first-order valence-corrected chi connectivity index (χ1v) is 18.4. The minimum atomic E-state index is -0.210. The van der Waals surface area contributed by atoms with Gasteiger partial charge in [0, 0.05) is 37.4 Å². The number of alkyl halides is 4. The summed E-state index contributed by atoms with van der Waals surface area (Å²) in [5, 5.41) is 0. The standard InChI is InChI=1S/C35H32Br4O2/c1-5-15-16(6-2)32(37)27-21-11-19(25(27)31(15)36)23-13(3)24-20-12-22(30(24)35(29(21)23)41-14(4)40)28-26(20)33(38)17-9-7-8-10-18(17)34(28)39/h5-10,19-22,25-28,31-34H,1-2,11-12H2,3-4H3. The predicted molar refractivity (Wildman–Crippen MR) is 179 cm³/mol. The Balaban J connectivity index is 1.33.